The van der Waals surface area contributed by atoms with E-state index in [2.05, 4.69) is 47.8 Å². The fraction of sp³-hybridized carbons (Fsp3) is 0.824. The average Bonchev–Trinajstić information content (AvgIpc) is 3.08. The Kier molecular flexibility index (Phi) is 4.55. The molecule has 134 valence electrons. The third-order valence-electron chi connectivity index (χ3n) is 5.41. The molecule has 2 aliphatic heterocycles. The Morgan fingerprint density at radius 1 is 1.38 bits per heavy atom. The molecule has 0 saturated carbocycles. The minimum Gasteiger partial charge on any atom is -0.375 e. The van der Waals surface area contributed by atoms with Crippen LogP contribution in [0, 0.1) is 5.92 Å². The fourth-order valence-electron chi connectivity index (χ4n) is 3.70. The topological polar surface area (TPSA) is 72.3 Å². The molecule has 24 heavy (non-hydrogen) atoms. The summed E-state index contributed by atoms with van der Waals surface area (Å²) < 4.78 is 7.90. The summed E-state index contributed by atoms with van der Waals surface area (Å²) in [5, 5.41) is 11.7. The Hall–Kier alpha value is -1.63. The number of carbonyl (C=O) groups is 1. The third-order valence-corrected chi connectivity index (χ3v) is 5.41. The number of hydrogen-bond donors (Lipinski definition) is 1. The molecule has 0 aliphatic carbocycles. The molecule has 0 spiro atoms. The van der Waals surface area contributed by atoms with Gasteiger partial charge in [0, 0.05) is 38.1 Å². The van der Waals surface area contributed by atoms with E-state index in [1.54, 1.807) is 0 Å². The van der Waals surface area contributed by atoms with Crippen molar-refractivity contribution in [3.05, 3.63) is 11.6 Å². The van der Waals surface area contributed by atoms with Crippen LogP contribution in [0.25, 0.3) is 0 Å². The third kappa shape index (κ3) is 3.01. The molecule has 7 heteroatoms. The van der Waals surface area contributed by atoms with Gasteiger partial charge in [0.2, 0.25) is 0 Å². The summed E-state index contributed by atoms with van der Waals surface area (Å²) in [4.78, 5) is 14.5. The van der Waals surface area contributed by atoms with Crippen molar-refractivity contribution in [1.29, 1.82) is 0 Å². The number of rotatable bonds is 3. The van der Waals surface area contributed by atoms with Crippen molar-refractivity contribution in [2.24, 2.45) is 5.92 Å². The SMILES string of the molecule is CC(C)c1nnc2n1CCN(C(=O)NCC1CCOC1(C)C)C2C. The molecule has 0 radical (unpaired) electrons. The molecular weight excluding hydrogens is 306 g/mol. The maximum absolute atomic E-state index is 12.6. The first-order valence-electron chi connectivity index (χ1n) is 8.92. The number of nitrogens with zero attached hydrogens (tertiary/aromatic N) is 4. The van der Waals surface area contributed by atoms with Crippen LogP contribution < -0.4 is 5.32 Å². The van der Waals surface area contributed by atoms with Crippen LogP contribution in [-0.4, -0.2) is 51.0 Å². The summed E-state index contributed by atoms with van der Waals surface area (Å²) >= 11 is 0. The lowest BCUT2D eigenvalue weighted by Gasteiger charge is -2.35. The van der Waals surface area contributed by atoms with E-state index in [0.717, 1.165) is 31.2 Å². The zero-order valence-corrected chi connectivity index (χ0v) is 15.4. The minimum atomic E-state index is -0.160. The summed E-state index contributed by atoms with van der Waals surface area (Å²) in [5.41, 5.74) is -0.160. The van der Waals surface area contributed by atoms with Gasteiger partial charge in [-0.25, -0.2) is 4.79 Å². The summed E-state index contributed by atoms with van der Waals surface area (Å²) in [6.45, 7) is 13.3. The van der Waals surface area contributed by atoms with Gasteiger partial charge in [-0.1, -0.05) is 13.8 Å². The first-order valence-corrected chi connectivity index (χ1v) is 8.92. The summed E-state index contributed by atoms with van der Waals surface area (Å²) in [6.07, 6.45) is 0.995. The van der Waals surface area contributed by atoms with Gasteiger partial charge < -0.3 is 19.5 Å². The van der Waals surface area contributed by atoms with E-state index in [1.165, 1.54) is 0 Å². The van der Waals surface area contributed by atoms with Gasteiger partial charge in [-0.3, -0.25) is 0 Å². The quantitative estimate of drug-likeness (QED) is 0.920. The molecule has 1 aromatic rings. The lowest BCUT2D eigenvalue weighted by Crippen LogP contribution is -2.48. The van der Waals surface area contributed by atoms with Crippen LogP contribution in [0.4, 0.5) is 4.79 Å². The second-order valence-electron chi connectivity index (χ2n) is 7.72. The van der Waals surface area contributed by atoms with Crippen LogP contribution in [0.1, 0.15) is 64.6 Å². The summed E-state index contributed by atoms with van der Waals surface area (Å²) in [6, 6.07) is -0.0860. The Morgan fingerprint density at radius 2 is 2.12 bits per heavy atom. The molecule has 2 atom stereocenters. The van der Waals surface area contributed by atoms with Crippen molar-refractivity contribution in [3.8, 4) is 0 Å². The van der Waals surface area contributed by atoms with Gasteiger partial charge >= 0.3 is 6.03 Å². The number of nitrogens with one attached hydrogen (secondary N) is 1. The molecule has 7 nitrogen and oxygen atoms in total. The average molecular weight is 335 g/mol. The molecule has 3 heterocycles. The van der Waals surface area contributed by atoms with E-state index in [9.17, 15) is 4.79 Å². The number of ether oxygens (including phenoxy) is 1. The van der Waals surface area contributed by atoms with Gasteiger partial charge in [0.1, 0.15) is 5.82 Å². The van der Waals surface area contributed by atoms with Crippen LogP contribution >= 0.6 is 0 Å². The number of hydrogen-bond acceptors (Lipinski definition) is 4. The zero-order valence-electron chi connectivity index (χ0n) is 15.4. The highest BCUT2D eigenvalue weighted by Gasteiger charge is 2.37. The van der Waals surface area contributed by atoms with Crippen molar-refractivity contribution in [2.75, 3.05) is 19.7 Å². The Labute approximate surface area is 143 Å². The van der Waals surface area contributed by atoms with Gasteiger partial charge in [0.05, 0.1) is 11.6 Å². The first-order chi connectivity index (χ1) is 11.3. The predicted octanol–water partition coefficient (Wildman–Crippen LogP) is 2.30. The van der Waals surface area contributed by atoms with Gasteiger partial charge in [-0.15, -0.1) is 10.2 Å². The van der Waals surface area contributed by atoms with E-state index in [1.807, 2.05) is 11.8 Å². The number of aromatic nitrogens is 3. The van der Waals surface area contributed by atoms with Crippen molar-refractivity contribution >= 4 is 6.03 Å². The molecule has 1 N–H and O–H groups in total. The molecule has 1 fully saturated rings. The number of fused-ring (bicyclic) bond motifs is 1. The molecule has 1 saturated heterocycles. The number of amides is 2. The Bertz CT molecular complexity index is 610. The highest BCUT2D eigenvalue weighted by Crippen LogP contribution is 2.31. The lowest BCUT2D eigenvalue weighted by molar-refractivity contribution is 0.0116. The lowest BCUT2D eigenvalue weighted by atomic mass is 9.91. The monoisotopic (exact) mass is 335 g/mol. The van der Waals surface area contributed by atoms with E-state index in [4.69, 9.17) is 4.74 Å². The molecule has 2 unspecified atom stereocenters. The van der Waals surface area contributed by atoms with Gasteiger partial charge in [0.15, 0.2) is 5.82 Å². The molecule has 2 amide bonds. The molecule has 2 aliphatic rings. The van der Waals surface area contributed by atoms with Crippen LogP contribution in [-0.2, 0) is 11.3 Å². The Balaban J connectivity index is 1.64. The normalized spacial score (nSPS) is 25.8. The molecule has 0 bridgehead atoms. The van der Waals surface area contributed by atoms with Crippen LogP contribution in [0.15, 0.2) is 0 Å². The Morgan fingerprint density at radius 3 is 2.75 bits per heavy atom. The summed E-state index contributed by atoms with van der Waals surface area (Å²) in [5.74, 6) is 2.58. The van der Waals surface area contributed by atoms with Crippen LogP contribution in [0.3, 0.4) is 0 Å². The van der Waals surface area contributed by atoms with Gasteiger partial charge in [0.25, 0.3) is 0 Å². The minimum absolute atomic E-state index is 0.0226. The maximum Gasteiger partial charge on any atom is 0.318 e. The highest BCUT2D eigenvalue weighted by atomic mass is 16.5. The largest absolute Gasteiger partial charge is 0.375 e. The van der Waals surface area contributed by atoms with Gasteiger partial charge in [-0.05, 0) is 27.2 Å². The van der Waals surface area contributed by atoms with Crippen molar-refractivity contribution < 1.29 is 9.53 Å². The smallest absolute Gasteiger partial charge is 0.318 e. The molecule has 0 aromatic carbocycles. The second kappa shape index (κ2) is 6.35. The second-order valence-corrected chi connectivity index (χ2v) is 7.72. The van der Waals surface area contributed by atoms with Crippen molar-refractivity contribution in [1.82, 2.24) is 25.0 Å². The zero-order chi connectivity index (χ0) is 17.5. The van der Waals surface area contributed by atoms with Crippen molar-refractivity contribution in [3.63, 3.8) is 0 Å². The van der Waals surface area contributed by atoms with Gasteiger partial charge in [-0.2, -0.15) is 0 Å². The standard InChI is InChI=1S/C17H29N5O2/c1-11(2)14-19-20-15-12(3)21(7-8-22(14)15)16(23)18-10-13-6-9-24-17(13,4)5/h11-13H,6-10H2,1-5H3,(H,18,23). The van der Waals surface area contributed by atoms with E-state index >= 15 is 0 Å². The maximum atomic E-state index is 12.6. The van der Waals surface area contributed by atoms with E-state index in [0.29, 0.717) is 24.9 Å². The molecule has 1 aromatic heterocycles. The first kappa shape index (κ1) is 17.2. The number of urea groups is 1. The fourth-order valence-corrected chi connectivity index (χ4v) is 3.70. The molecular formula is C17H29N5O2. The summed E-state index contributed by atoms with van der Waals surface area (Å²) in [7, 11) is 0. The van der Waals surface area contributed by atoms with Crippen molar-refractivity contribution in [2.45, 2.75) is 65.1 Å². The van der Waals surface area contributed by atoms with Crippen LogP contribution in [0.5, 0.6) is 0 Å². The van der Waals surface area contributed by atoms with E-state index in [-0.39, 0.29) is 17.7 Å². The molecule has 3 rings (SSSR count). The predicted molar refractivity (Wildman–Crippen MR) is 90.8 cm³/mol. The van der Waals surface area contributed by atoms with Crippen LogP contribution in [0.2, 0.25) is 0 Å². The number of carbonyl (C=O) groups excluding carboxylic acids is 1. The highest BCUT2D eigenvalue weighted by molar-refractivity contribution is 5.74. The van der Waals surface area contributed by atoms with E-state index < -0.39 is 0 Å².